The summed E-state index contributed by atoms with van der Waals surface area (Å²) in [7, 11) is 0. The molecule has 1 unspecified atom stereocenters. The van der Waals surface area contributed by atoms with E-state index < -0.39 is 0 Å². The van der Waals surface area contributed by atoms with Crippen molar-refractivity contribution >= 4 is 34.2 Å². The van der Waals surface area contributed by atoms with Crippen LogP contribution in [0.15, 0.2) is 18.2 Å². The third kappa shape index (κ3) is 2.05. The van der Waals surface area contributed by atoms with Crippen molar-refractivity contribution in [3.8, 4) is 0 Å². The molecule has 1 aromatic heterocycles. The second-order valence-corrected chi connectivity index (χ2v) is 6.79. The Morgan fingerprint density at radius 2 is 2.00 bits per heavy atom. The molecule has 1 fully saturated rings. The Morgan fingerprint density at radius 1 is 1.32 bits per heavy atom. The normalized spacial score (nSPS) is 20.0. The van der Waals surface area contributed by atoms with Crippen LogP contribution in [0.5, 0.6) is 0 Å². The Labute approximate surface area is 123 Å². The van der Waals surface area contributed by atoms with E-state index in [1.165, 1.54) is 25.7 Å². The minimum absolute atomic E-state index is 0.0955. The summed E-state index contributed by atoms with van der Waals surface area (Å²) in [5.74, 6) is 0.939. The van der Waals surface area contributed by atoms with Gasteiger partial charge in [-0.05, 0) is 38.8 Å². The van der Waals surface area contributed by atoms with E-state index in [0.29, 0.717) is 0 Å². The van der Waals surface area contributed by atoms with Gasteiger partial charge in [0.05, 0.1) is 21.4 Å². The average molecular weight is 297 g/mol. The summed E-state index contributed by atoms with van der Waals surface area (Å²) in [6.07, 6.45) is 4.86. The zero-order chi connectivity index (χ0) is 13.6. The predicted molar refractivity (Wildman–Crippen MR) is 81.1 cm³/mol. The van der Waals surface area contributed by atoms with E-state index in [9.17, 15) is 0 Å². The third-order valence-electron chi connectivity index (χ3n) is 4.23. The summed E-state index contributed by atoms with van der Waals surface area (Å²) in [5.41, 5.74) is 2.08. The Bertz CT molecular complexity index is 610. The second-order valence-electron chi connectivity index (χ2n) is 5.73. The lowest BCUT2D eigenvalue weighted by molar-refractivity contribution is 0.328. The van der Waals surface area contributed by atoms with Crippen LogP contribution in [0.4, 0.5) is 0 Å². The van der Waals surface area contributed by atoms with Gasteiger partial charge in [0.1, 0.15) is 5.82 Å². The minimum atomic E-state index is -0.110. The number of imidazole rings is 1. The van der Waals surface area contributed by atoms with Crippen molar-refractivity contribution in [3.63, 3.8) is 0 Å². The molecule has 1 atom stereocenters. The standard InChI is InChI=1S/C15H18Cl2N2/c1-10(16)14-18-12-7-5-6-11(17)13(12)19(14)15(2)8-3-4-9-15/h5-7,10H,3-4,8-9H2,1-2H3. The number of halogens is 2. The first-order chi connectivity index (χ1) is 9.03. The molecular weight excluding hydrogens is 279 g/mol. The lowest BCUT2D eigenvalue weighted by atomic mass is 9.99. The topological polar surface area (TPSA) is 17.8 Å². The van der Waals surface area contributed by atoms with Gasteiger partial charge in [-0.15, -0.1) is 11.6 Å². The molecule has 3 rings (SSSR count). The molecule has 0 amide bonds. The fourth-order valence-corrected chi connectivity index (χ4v) is 3.68. The van der Waals surface area contributed by atoms with Crippen LogP contribution in [-0.4, -0.2) is 9.55 Å². The predicted octanol–water partition coefficient (Wildman–Crippen LogP) is 5.28. The highest BCUT2D eigenvalue weighted by Crippen LogP contribution is 2.42. The van der Waals surface area contributed by atoms with E-state index in [4.69, 9.17) is 28.2 Å². The van der Waals surface area contributed by atoms with E-state index >= 15 is 0 Å². The fourth-order valence-electron chi connectivity index (χ4n) is 3.28. The monoisotopic (exact) mass is 296 g/mol. The average Bonchev–Trinajstić information content (AvgIpc) is 2.94. The molecule has 102 valence electrons. The largest absolute Gasteiger partial charge is 0.320 e. The number of aromatic nitrogens is 2. The maximum atomic E-state index is 6.42. The van der Waals surface area contributed by atoms with E-state index in [1.807, 2.05) is 25.1 Å². The number of fused-ring (bicyclic) bond motifs is 1. The first-order valence-electron chi connectivity index (χ1n) is 6.84. The molecule has 4 heteroatoms. The van der Waals surface area contributed by atoms with Crippen LogP contribution >= 0.6 is 23.2 Å². The number of para-hydroxylation sites is 1. The van der Waals surface area contributed by atoms with E-state index in [-0.39, 0.29) is 10.9 Å². The van der Waals surface area contributed by atoms with Gasteiger partial charge in [0.15, 0.2) is 0 Å². The third-order valence-corrected chi connectivity index (χ3v) is 4.73. The van der Waals surface area contributed by atoms with Crippen molar-refractivity contribution in [2.75, 3.05) is 0 Å². The molecule has 1 aliphatic rings. The summed E-state index contributed by atoms with van der Waals surface area (Å²) >= 11 is 12.8. The molecule has 19 heavy (non-hydrogen) atoms. The number of benzene rings is 1. The molecule has 0 spiro atoms. The maximum absolute atomic E-state index is 6.42. The molecule has 1 aromatic carbocycles. The Balaban J connectivity index is 2.33. The lowest BCUT2D eigenvalue weighted by Crippen LogP contribution is -2.28. The lowest BCUT2D eigenvalue weighted by Gasteiger charge is -2.29. The van der Waals surface area contributed by atoms with Gasteiger partial charge in [-0.2, -0.15) is 0 Å². The van der Waals surface area contributed by atoms with Crippen LogP contribution < -0.4 is 0 Å². The van der Waals surface area contributed by atoms with E-state index in [2.05, 4.69) is 11.5 Å². The molecule has 0 N–H and O–H groups in total. The molecule has 0 radical (unpaired) electrons. The Morgan fingerprint density at radius 3 is 2.63 bits per heavy atom. The van der Waals surface area contributed by atoms with Gasteiger partial charge in [-0.1, -0.05) is 30.5 Å². The minimum Gasteiger partial charge on any atom is -0.320 e. The zero-order valence-electron chi connectivity index (χ0n) is 11.3. The van der Waals surface area contributed by atoms with Gasteiger partial charge in [0, 0.05) is 5.54 Å². The fraction of sp³-hybridized carbons (Fsp3) is 0.533. The van der Waals surface area contributed by atoms with Gasteiger partial charge < -0.3 is 4.57 Å². The first kappa shape index (κ1) is 13.3. The molecule has 2 aromatic rings. The Kier molecular flexibility index (Phi) is 3.26. The van der Waals surface area contributed by atoms with Crippen LogP contribution in [-0.2, 0) is 5.54 Å². The van der Waals surface area contributed by atoms with Crippen LogP contribution in [0.3, 0.4) is 0 Å². The molecular formula is C15H18Cl2N2. The van der Waals surface area contributed by atoms with Crippen LogP contribution in [0.1, 0.15) is 50.7 Å². The molecule has 1 heterocycles. The number of nitrogens with zero attached hydrogens (tertiary/aromatic N) is 2. The van der Waals surface area contributed by atoms with Crippen molar-refractivity contribution in [1.29, 1.82) is 0 Å². The highest BCUT2D eigenvalue weighted by Gasteiger charge is 2.35. The molecule has 0 aliphatic heterocycles. The summed E-state index contributed by atoms with van der Waals surface area (Å²) in [6, 6.07) is 5.89. The van der Waals surface area contributed by atoms with Crippen molar-refractivity contribution in [1.82, 2.24) is 9.55 Å². The number of alkyl halides is 1. The second kappa shape index (κ2) is 4.68. The maximum Gasteiger partial charge on any atom is 0.128 e. The highest BCUT2D eigenvalue weighted by atomic mass is 35.5. The van der Waals surface area contributed by atoms with Gasteiger partial charge in [-0.25, -0.2) is 4.98 Å². The summed E-state index contributed by atoms with van der Waals surface area (Å²) in [6.45, 7) is 4.28. The van der Waals surface area contributed by atoms with Crippen molar-refractivity contribution in [3.05, 3.63) is 29.0 Å². The van der Waals surface area contributed by atoms with Crippen molar-refractivity contribution in [2.45, 2.75) is 50.4 Å². The number of hydrogen-bond acceptors (Lipinski definition) is 1. The molecule has 0 bridgehead atoms. The molecule has 1 saturated carbocycles. The summed E-state index contributed by atoms with van der Waals surface area (Å²) in [5, 5.41) is 0.655. The van der Waals surface area contributed by atoms with Crippen molar-refractivity contribution in [2.24, 2.45) is 0 Å². The Hall–Kier alpha value is -0.730. The summed E-state index contributed by atoms with van der Waals surface area (Å²) < 4.78 is 2.30. The summed E-state index contributed by atoms with van der Waals surface area (Å²) in [4.78, 5) is 4.71. The number of hydrogen-bond donors (Lipinski definition) is 0. The van der Waals surface area contributed by atoms with Crippen LogP contribution in [0, 0.1) is 0 Å². The van der Waals surface area contributed by atoms with Gasteiger partial charge in [0.2, 0.25) is 0 Å². The van der Waals surface area contributed by atoms with Crippen LogP contribution in [0.2, 0.25) is 5.02 Å². The zero-order valence-corrected chi connectivity index (χ0v) is 12.8. The first-order valence-corrected chi connectivity index (χ1v) is 7.66. The molecule has 2 nitrogen and oxygen atoms in total. The quantitative estimate of drug-likeness (QED) is 0.690. The highest BCUT2D eigenvalue weighted by molar-refractivity contribution is 6.35. The van der Waals surface area contributed by atoms with E-state index in [0.717, 1.165) is 21.9 Å². The molecule has 1 aliphatic carbocycles. The smallest absolute Gasteiger partial charge is 0.128 e. The SMILES string of the molecule is CC(Cl)c1nc2cccc(Cl)c2n1C1(C)CCCC1. The van der Waals surface area contributed by atoms with Gasteiger partial charge >= 0.3 is 0 Å². The van der Waals surface area contributed by atoms with Crippen LogP contribution in [0.25, 0.3) is 11.0 Å². The van der Waals surface area contributed by atoms with Gasteiger partial charge in [0.25, 0.3) is 0 Å². The number of rotatable bonds is 2. The van der Waals surface area contributed by atoms with Gasteiger partial charge in [-0.3, -0.25) is 0 Å². The van der Waals surface area contributed by atoms with E-state index in [1.54, 1.807) is 0 Å². The van der Waals surface area contributed by atoms with Crippen molar-refractivity contribution < 1.29 is 0 Å². The molecule has 0 saturated heterocycles.